The third-order valence-corrected chi connectivity index (χ3v) is 15.1. The first-order chi connectivity index (χ1) is 9.47. The molecule has 112 valence electrons. The maximum absolute atomic E-state index is 12.8. The summed E-state index contributed by atoms with van der Waals surface area (Å²) in [4.78, 5) is 12.8. The third kappa shape index (κ3) is 1.10. The van der Waals surface area contributed by atoms with Gasteiger partial charge < -0.3 is 0 Å². The van der Waals surface area contributed by atoms with Crippen molar-refractivity contribution in [3.05, 3.63) is 0 Å². The molecule has 3 saturated heterocycles. The van der Waals surface area contributed by atoms with Crippen molar-refractivity contribution in [3.63, 3.8) is 0 Å². The summed E-state index contributed by atoms with van der Waals surface area (Å²) in [5.41, 5.74) is 0.433. The molecule has 3 saturated carbocycles. The monoisotopic (exact) mass is 502 g/mol. The first-order valence-electron chi connectivity index (χ1n) is 7.38. The number of esters is 1. The summed E-state index contributed by atoms with van der Waals surface area (Å²) in [6, 6.07) is 0. The van der Waals surface area contributed by atoms with Gasteiger partial charge in [0.1, 0.15) is 0 Å². The van der Waals surface area contributed by atoms with Crippen LogP contribution in [0.2, 0.25) is 0 Å². The van der Waals surface area contributed by atoms with Gasteiger partial charge in [-0.1, -0.05) is 0 Å². The normalized spacial score (nSPS) is 63.9. The van der Waals surface area contributed by atoms with Crippen molar-refractivity contribution < 1.29 is 31.0 Å². The van der Waals surface area contributed by atoms with Gasteiger partial charge in [-0.15, -0.1) is 0 Å². The number of hydrogen-bond donors (Lipinski definition) is 3. The van der Waals surface area contributed by atoms with E-state index in [1.807, 2.05) is 0 Å². The first-order valence-corrected chi connectivity index (χ1v) is 12.8. The quantitative estimate of drug-likeness (QED) is 0.102. The van der Waals surface area contributed by atoms with Crippen molar-refractivity contribution in [2.75, 3.05) is 0 Å². The van der Waals surface area contributed by atoms with Gasteiger partial charge in [0.05, 0.1) is 0 Å². The van der Waals surface area contributed by atoms with Crippen molar-refractivity contribution >= 4 is 26.3 Å². The number of nitrogens with one attached hydrogen (secondary N) is 3. The van der Waals surface area contributed by atoms with Crippen molar-refractivity contribution in [1.82, 2.24) is 10.6 Å². The van der Waals surface area contributed by atoms with Gasteiger partial charge in [-0.3, -0.25) is 0 Å². The molecule has 0 amide bonds. The zero-order valence-corrected chi connectivity index (χ0v) is 15.7. The van der Waals surface area contributed by atoms with Crippen molar-refractivity contribution in [3.8, 4) is 0 Å². The summed E-state index contributed by atoms with van der Waals surface area (Å²) < 4.78 is 16.3. The van der Waals surface area contributed by atoms with Crippen LogP contribution in [0.1, 0.15) is 33.1 Å². The van der Waals surface area contributed by atoms with Crippen LogP contribution in [0, 0.1) is 23.2 Å². The molecule has 6 unspecified atom stereocenters. The van der Waals surface area contributed by atoms with Crippen LogP contribution >= 0.6 is 20.4 Å². The summed E-state index contributed by atoms with van der Waals surface area (Å²) in [5.74, 6) is 2.18. The van der Waals surface area contributed by atoms with E-state index < -0.39 is 20.4 Å². The van der Waals surface area contributed by atoms with Gasteiger partial charge in [-0.25, -0.2) is 0 Å². The fourth-order valence-corrected chi connectivity index (χ4v) is 15.5. The summed E-state index contributed by atoms with van der Waals surface area (Å²) >= 11 is -1.29. The van der Waals surface area contributed by atoms with E-state index in [4.69, 9.17) is 4.74 Å². The molecule has 1 spiro atoms. The Balaban J connectivity index is 1.26. The third-order valence-electron chi connectivity index (χ3n) is 6.58. The van der Waals surface area contributed by atoms with Gasteiger partial charge in [-0.2, -0.15) is 0 Å². The Kier molecular flexibility index (Phi) is 1.88. The molecular formula is C13H18I2N3O2-. The second-order valence-corrected chi connectivity index (χ2v) is 14.7. The number of halogens is 2. The molecule has 7 heteroatoms. The summed E-state index contributed by atoms with van der Waals surface area (Å²) in [6.07, 6.45) is 3.94. The van der Waals surface area contributed by atoms with Gasteiger partial charge in [0, 0.05) is 0 Å². The fourth-order valence-electron chi connectivity index (χ4n) is 5.46. The van der Waals surface area contributed by atoms with E-state index in [-0.39, 0.29) is 40.3 Å². The number of carbonyl (C=O) groups is 1. The number of fused-ring (bicyclic) bond motifs is 1. The Hall–Kier alpha value is 0.810. The zero-order valence-electron chi connectivity index (χ0n) is 11.4. The van der Waals surface area contributed by atoms with Crippen LogP contribution in [-0.4, -0.2) is 18.8 Å². The van der Waals surface area contributed by atoms with Crippen LogP contribution in [0.4, 0.5) is 0 Å². The Bertz CT molecular complexity index is 576. The molecule has 0 radical (unpaired) electrons. The van der Waals surface area contributed by atoms with Crippen LogP contribution in [0.15, 0.2) is 0 Å². The Morgan fingerprint density at radius 1 is 1.35 bits per heavy atom. The van der Waals surface area contributed by atoms with Gasteiger partial charge in [-0.05, 0) is 0 Å². The van der Waals surface area contributed by atoms with Crippen LogP contribution in [-0.2, 0) is 9.53 Å². The van der Waals surface area contributed by atoms with Crippen LogP contribution in [0.25, 0.3) is 0 Å². The van der Waals surface area contributed by atoms with E-state index in [0.717, 1.165) is 5.92 Å². The molecule has 6 rings (SSSR count). The molecule has 6 aliphatic rings. The molecule has 3 N–H and O–H groups in total. The van der Waals surface area contributed by atoms with E-state index in [0.29, 0.717) is 17.3 Å². The van der Waals surface area contributed by atoms with E-state index in [1.165, 1.54) is 19.3 Å². The molecule has 6 atom stereocenters. The van der Waals surface area contributed by atoms with Crippen LogP contribution in [0.3, 0.4) is 0 Å². The number of alkyl halides is 2. The topological polar surface area (TPSA) is 92.1 Å². The standard InChI is InChI=1S/C13H18I2N3O2/c1-6-3-7-10(2,8-5-11(7,8)4-6)20-9(19)12(14-16-12)13-15(17-13)18-13/h6-8,16-18H,3-5H2,1-2H3/q-1. The minimum atomic E-state index is -1.07. The molecule has 0 aromatic rings. The molecule has 3 heterocycles. The van der Waals surface area contributed by atoms with Gasteiger partial charge >= 0.3 is 137 Å². The molecule has 0 aromatic heterocycles. The Morgan fingerprint density at radius 2 is 2.05 bits per heavy atom. The molecule has 20 heavy (non-hydrogen) atoms. The van der Waals surface area contributed by atoms with Gasteiger partial charge in [0.2, 0.25) is 0 Å². The van der Waals surface area contributed by atoms with Gasteiger partial charge in [0.25, 0.3) is 0 Å². The number of rotatable bonds is 3. The summed E-state index contributed by atoms with van der Waals surface area (Å²) in [6.45, 7) is 4.57. The molecule has 6 fully saturated rings. The Morgan fingerprint density at radius 3 is 2.65 bits per heavy atom. The summed E-state index contributed by atoms with van der Waals surface area (Å²) in [7, 11) is 0. The molecular weight excluding hydrogens is 484 g/mol. The molecule has 3 aliphatic heterocycles. The molecule has 0 aromatic carbocycles. The maximum atomic E-state index is 12.8. The second kappa shape index (κ2) is 3.07. The second-order valence-electron chi connectivity index (χ2n) is 7.64. The Labute approximate surface area is 136 Å². The van der Waals surface area contributed by atoms with E-state index in [1.54, 1.807) is 0 Å². The predicted octanol–water partition coefficient (Wildman–Crippen LogP) is -2.15. The first kappa shape index (κ1) is 12.3. The average Bonchev–Trinajstić information content (AvgIpc) is 3.19. The van der Waals surface area contributed by atoms with Crippen molar-refractivity contribution in [2.45, 2.75) is 45.9 Å². The van der Waals surface area contributed by atoms with Crippen LogP contribution in [0.5, 0.6) is 0 Å². The van der Waals surface area contributed by atoms with Crippen molar-refractivity contribution in [1.29, 1.82) is 0 Å². The minimum absolute atomic E-state index is 0.0466. The number of ether oxygens (including phenoxy) is 1. The SMILES string of the molecule is CC1CC2C3(C1)CC3C2(C)OC(=O)C1(C23NI2N3)N[I-]1. The van der Waals surface area contributed by atoms with Gasteiger partial charge in [0.15, 0.2) is 0 Å². The zero-order chi connectivity index (χ0) is 13.5. The molecule has 0 bridgehead atoms. The predicted molar refractivity (Wildman–Crippen MR) is 75.8 cm³/mol. The average molecular weight is 502 g/mol. The number of hydrogen-bond acceptors (Lipinski definition) is 5. The van der Waals surface area contributed by atoms with E-state index in [9.17, 15) is 4.79 Å². The molecule has 5 nitrogen and oxygen atoms in total. The molecule has 3 aliphatic carbocycles. The van der Waals surface area contributed by atoms with E-state index in [2.05, 4.69) is 24.4 Å². The van der Waals surface area contributed by atoms with E-state index >= 15 is 0 Å². The van der Waals surface area contributed by atoms with Crippen molar-refractivity contribution in [2.24, 2.45) is 23.2 Å². The number of carbonyl (C=O) groups excluding carboxylic acids is 1. The van der Waals surface area contributed by atoms with Crippen LogP contribution < -0.4 is 32.1 Å². The fraction of sp³-hybridized carbons (Fsp3) is 0.923. The summed E-state index contributed by atoms with van der Waals surface area (Å²) in [5, 5.41) is 0.